The van der Waals surface area contributed by atoms with Crippen LogP contribution in [0.25, 0.3) is 0 Å². The number of nitro benzene ring substituents is 1. The third kappa shape index (κ3) is 1.87. The summed E-state index contributed by atoms with van der Waals surface area (Å²) in [5.74, 6) is 0. The third-order valence-electron chi connectivity index (χ3n) is 1.79. The Kier molecular flexibility index (Phi) is 3.17. The second-order valence-corrected chi connectivity index (χ2v) is 2.67. The summed E-state index contributed by atoms with van der Waals surface area (Å²) in [6.45, 7) is 2.56. The summed E-state index contributed by atoms with van der Waals surface area (Å²) in [5.41, 5.74) is 0.898. The molecule has 0 unspecified atom stereocenters. The standard InChI is InChI=1S/C9H11N3O2/c1-2-11-8-4-3-5-9(12(13)14)7(8)6-10/h3-6,10-11H,2H2,1H3. The van der Waals surface area contributed by atoms with Crippen LogP contribution in [0.1, 0.15) is 12.5 Å². The molecule has 74 valence electrons. The lowest BCUT2D eigenvalue weighted by molar-refractivity contribution is -0.384. The molecule has 5 nitrogen and oxygen atoms in total. The minimum atomic E-state index is -0.485. The number of anilines is 1. The highest BCUT2D eigenvalue weighted by Gasteiger charge is 2.14. The summed E-state index contributed by atoms with van der Waals surface area (Å²) in [7, 11) is 0. The molecule has 1 rings (SSSR count). The predicted molar refractivity (Wildman–Crippen MR) is 55.1 cm³/mol. The Bertz CT molecular complexity index is 363. The van der Waals surface area contributed by atoms with Crippen molar-refractivity contribution in [2.45, 2.75) is 6.92 Å². The van der Waals surface area contributed by atoms with Crippen molar-refractivity contribution >= 4 is 17.6 Å². The Morgan fingerprint density at radius 3 is 2.86 bits per heavy atom. The molecular weight excluding hydrogens is 182 g/mol. The first-order chi connectivity index (χ1) is 6.70. The molecule has 0 amide bonds. The molecule has 0 radical (unpaired) electrons. The monoisotopic (exact) mass is 193 g/mol. The molecule has 1 aromatic carbocycles. The van der Waals surface area contributed by atoms with Gasteiger partial charge in [0.05, 0.1) is 10.5 Å². The van der Waals surface area contributed by atoms with E-state index in [1.807, 2.05) is 6.92 Å². The van der Waals surface area contributed by atoms with Crippen LogP contribution in [0.2, 0.25) is 0 Å². The van der Waals surface area contributed by atoms with Crippen LogP contribution in [0, 0.1) is 15.5 Å². The summed E-state index contributed by atoms with van der Waals surface area (Å²) in [6.07, 6.45) is 0.996. The van der Waals surface area contributed by atoms with Gasteiger partial charge in [-0.15, -0.1) is 0 Å². The van der Waals surface area contributed by atoms with E-state index < -0.39 is 4.92 Å². The first-order valence-corrected chi connectivity index (χ1v) is 4.22. The van der Waals surface area contributed by atoms with Gasteiger partial charge in [0.15, 0.2) is 0 Å². The van der Waals surface area contributed by atoms with Gasteiger partial charge in [-0.1, -0.05) is 6.07 Å². The molecule has 0 aliphatic carbocycles. The maximum Gasteiger partial charge on any atom is 0.280 e. The lowest BCUT2D eigenvalue weighted by Crippen LogP contribution is -2.03. The van der Waals surface area contributed by atoms with Gasteiger partial charge in [-0.2, -0.15) is 0 Å². The van der Waals surface area contributed by atoms with Crippen molar-refractivity contribution in [1.82, 2.24) is 0 Å². The van der Waals surface area contributed by atoms with E-state index in [9.17, 15) is 10.1 Å². The van der Waals surface area contributed by atoms with Gasteiger partial charge in [0, 0.05) is 24.5 Å². The number of nitrogens with zero attached hydrogens (tertiary/aromatic N) is 1. The normalized spacial score (nSPS) is 9.50. The van der Waals surface area contributed by atoms with Crippen LogP contribution in [0.15, 0.2) is 18.2 Å². The zero-order valence-electron chi connectivity index (χ0n) is 7.78. The summed E-state index contributed by atoms with van der Waals surface area (Å²) in [6, 6.07) is 4.71. The zero-order chi connectivity index (χ0) is 10.6. The van der Waals surface area contributed by atoms with Crippen molar-refractivity contribution in [3.05, 3.63) is 33.9 Å². The van der Waals surface area contributed by atoms with Crippen molar-refractivity contribution in [3.8, 4) is 0 Å². The first kappa shape index (κ1) is 10.2. The van der Waals surface area contributed by atoms with Gasteiger partial charge in [-0.3, -0.25) is 10.1 Å². The highest BCUT2D eigenvalue weighted by Crippen LogP contribution is 2.23. The van der Waals surface area contributed by atoms with Crippen LogP contribution in [-0.4, -0.2) is 17.7 Å². The topological polar surface area (TPSA) is 79.0 Å². The third-order valence-corrected chi connectivity index (χ3v) is 1.79. The molecule has 0 aliphatic heterocycles. The van der Waals surface area contributed by atoms with Crippen LogP contribution in [0.3, 0.4) is 0 Å². The lowest BCUT2D eigenvalue weighted by atomic mass is 10.1. The summed E-state index contributed by atoms with van der Waals surface area (Å²) in [5, 5.41) is 20.7. The van der Waals surface area contributed by atoms with Crippen molar-refractivity contribution in [2.24, 2.45) is 0 Å². The van der Waals surface area contributed by atoms with Gasteiger partial charge in [0.25, 0.3) is 5.69 Å². The molecule has 0 saturated heterocycles. The smallest absolute Gasteiger partial charge is 0.280 e. The van der Waals surface area contributed by atoms with Gasteiger partial charge in [0.1, 0.15) is 0 Å². The fourth-order valence-electron chi connectivity index (χ4n) is 1.21. The predicted octanol–water partition coefficient (Wildman–Crippen LogP) is 2.02. The highest BCUT2D eigenvalue weighted by molar-refractivity contribution is 5.91. The van der Waals surface area contributed by atoms with E-state index in [1.54, 1.807) is 12.1 Å². The van der Waals surface area contributed by atoms with Crippen molar-refractivity contribution < 1.29 is 4.92 Å². The van der Waals surface area contributed by atoms with E-state index >= 15 is 0 Å². The van der Waals surface area contributed by atoms with Crippen LogP contribution >= 0.6 is 0 Å². The maximum atomic E-state index is 10.6. The average Bonchev–Trinajstić information content (AvgIpc) is 2.18. The van der Waals surface area contributed by atoms with E-state index in [0.29, 0.717) is 17.8 Å². The molecule has 2 N–H and O–H groups in total. The molecule has 0 aliphatic rings. The van der Waals surface area contributed by atoms with E-state index in [2.05, 4.69) is 5.32 Å². The lowest BCUT2D eigenvalue weighted by Gasteiger charge is -2.06. The Balaban J connectivity index is 3.24. The molecular formula is C9H11N3O2. The Morgan fingerprint density at radius 2 is 2.36 bits per heavy atom. The van der Waals surface area contributed by atoms with E-state index in [0.717, 1.165) is 6.21 Å². The molecule has 0 saturated carbocycles. The highest BCUT2D eigenvalue weighted by atomic mass is 16.6. The Morgan fingerprint density at radius 1 is 1.64 bits per heavy atom. The van der Waals surface area contributed by atoms with Gasteiger partial charge < -0.3 is 10.7 Å². The van der Waals surface area contributed by atoms with E-state index in [1.165, 1.54) is 6.07 Å². The molecule has 0 fully saturated rings. The number of nitrogens with one attached hydrogen (secondary N) is 2. The van der Waals surface area contributed by atoms with E-state index in [-0.39, 0.29) is 5.69 Å². The number of hydrogen-bond acceptors (Lipinski definition) is 4. The number of benzene rings is 1. The Labute approximate surface area is 81.4 Å². The summed E-state index contributed by atoms with van der Waals surface area (Å²) < 4.78 is 0. The van der Waals surface area contributed by atoms with E-state index in [4.69, 9.17) is 5.41 Å². The summed E-state index contributed by atoms with van der Waals surface area (Å²) >= 11 is 0. The molecule has 1 aromatic rings. The van der Waals surface area contributed by atoms with Gasteiger partial charge in [-0.05, 0) is 13.0 Å². The minimum absolute atomic E-state index is 0.0431. The minimum Gasteiger partial charge on any atom is -0.385 e. The van der Waals surface area contributed by atoms with Crippen LogP contribution in [-0.2, 0) is 0 Å². The molecule has 0 spiro atoms. The second-order valence-electron chi connectivity index (χ2n) is 2.67. The second kappa shape index (κ2) is 4.36. The largest absolute Gasteiger partial charge is 0.385 e. The van der Waals surface area contributed by atoms with Crippen molar-refractivity contribution in [2.75, 3.05) is 11.9 Å². The molecule has 14 heavy (non-hydrogen) atoms. The zero-order valence-corrected chi connectivity index (χ0v) is 7.78. The molecule has 0 heterocycles. The maximum absolute atomic E-state index is 10.6. The van der Waals surface area contributed by atoms with Crippen LogP contribution in [0.5, 0.6) is 0 Å². The van der Waals surface area contributed by atoms with Gasteiger partial charge >= 0.3 is 0 Å². The molecule has 5 heteroatoms. The van der Waals surface area contributed by atoms with Crippen molar-refractivity contribution in [1.29, 1.82) is 5.41 Å². The fourth-order valence-corrected chi connectivity index (χ4v) is 1.21. The van der Waals surface area contributed by atoms with Crippen LogP contribution in [0.4, 0.5) is 11.4 Å². The van der Waals surface area contributed by atoms with Crippen molar-refractivity contribution in [3.63, 3.8) is 0 Å². The molecule has 0 bridgehead atoms. The average molecular weight is 193 g/mol. The SMILES string of the molecule is CCNc1cccc([N+](=O)[O-])c1C=N. The number of hydrogen-bond donors (Lipinski definition) is 2. The summed E-state index contributed by atoms with van der Waals surface area (Å²) in [4.78, 5) is 10.1. The van der Waals surface area contributed by atoms with Gasteiger partial charge in [-0.25, -0.2) is 0 Å². The fraction of sp³-hybridized carbons (Fsp3) is 0.222. The first-order valence-electron chi connectivity index (χ1n) is 4.22. The molecule has 0 aromatic heterocycles. The van der Waals surface area contributed by atoms with Crippen LogP contribution < -0.4 is 5.32 Å². The van der Waals surface area contributed by atoms with Gasteiger partial charge in [0.2, 0.25) is 0 Å². The Hall–Kier alpha value is -1.91. The molecule has 0 atom stereocenters. The number of rotatable bonds is 4. The number of nitro groups is 1. The quantitative estimate of drug-likeness (QED) is 0.436.